The van der Waals surface area contributed by atoms with E-state index in [1.165, 1.54) is 11.8 Å². The predicted octanol–water partition coefficient (Wildman–Crippen LogP) is 4.86. The van der Waals surface area contributed by atoms with E-state index in [9.17, 15) is 4.79 Å². The summed E-state index contributed by atoms with van der Waals surface area (Å²) in [6.45, 7) is 2.03. The van der Waals surface area contributed by atoms with E-state index in [4.69, 9.17) is 16.3 Å². The van der Waals surface area contributed by atoms with Crippen LogP contribution >= 0.6 is 23.4 Å². The van der Waals surface area contributed by atoms with Gasteiger partial charge in [-0.2, -0.15) is 0 Å². The summed E-state index contributed by atoms with van der Waals surface area (Å²) >= 11 is 7.76. The third-order valence-electron chi connectivity index (χ3n) is 4.72. The maximum Gasteiger partial charge on any atom is 0.240 e. The average Bonchev–Trinajstić information content (AvgIpc) is 3.09. The van der Waals surface area contributed by atoms with Gasteiger partial charge in [0, 0.05) is 5.69 Å². The molecular formula is C21H20ClN3O2S. The molecule has 3 aromatic rings. The SMILES string of the molecule is COc1ccc([C@@H]2Nn3c(C)ccc3S[C@H]2C(=O)Nc2ccccc2Cl)cc1. The number of halogens is 1. The van der Waals surface area contributed by atoms with Crippen LogP contribution in [0.15, 0.2) is 65.7 Å². The number of hydrogen-bond donors (Lipinski definition) is 2. The molecule has 0 aliphatic carbocycles. The maximum atomic E-state index is 13.2. The number of carbonyl (C=O) groups excluding carboxylic acids is 1. The van der Waals surface area contributed by atoms with Gasteiger partial charge in [-0.15, -0.1) is 0 Å². The Balaban J connectivity index is 1.67. The molecule has 1 aliphatic heterocycles. The third-order valence-corrected chi connectivity index (χ3v) is 6.35. The summed E-state index contributed by atoms with van der Waals surface area (Å²) in [6, 6.07) is 18.9. The van der Waals surface area contributed by atoms with Gasteiger partial charge in [0.2, 0.25) is 5.91 Å². The van der Waals surface area contributed by atoms with Crippen LogP contribution in [0.4, 0.5) is 5.69 Å². The van der Waals surface area contributed by atoms with Crippen molar-refractivity contribution >= 4 is 35.0 Å². The lowest BCUT2D eigenvalue weighted by atomic mass is 10.0. The lowest BCUT2D eigenvalue weighted by molar-refractivity contribution is -0.116. The lowest BCUT2D eigenvalue weighted by Gasteiger charge is -2.34. The molecule has 7 heteroatoms. The molecule has 0 radical (unpaired) electrons. The van der Waals surface area contributed by atoms with Crippen LogP contribution in [0.3, 0.4) is 0 Å². The number of rotatable bonds is 4. The number of benzene rings is 2. The van der Waals surface area contributed by atoms with Gasteiger partial charge in [0.1, 0.15) is 11.0 Å². The summed E-state index contributed by atoms with van der Waals surface area (Å²) in [5.74, 6) is 0.679. The Morgan fingerprint density at radius 3 is 2.61 bits per heavy atom. The standard InChI is InChI=1S/C21H20ClN3O2S/c1-13-7-12-18-25(13)24-19(14-8-10-15(27-2)11-9-14)20(28-18)21(26)23-17-6-4-3-5-16(17)22/h3-12,19-20,24H,1-2H3,(H,23,26)/t19-,20+/m0/s1. The molecule has 2 aromatic carbocycles. The minimum Gasteiger partial charge on any atom is -0.497 e. The number of aromatic nitrogens is 1. The number of aryl methyl sites for hydroxylation is 1. The first-order valence-electron chi connectivity index (χ1n) is 8.87. The molecule has 1 aliphatic rings. The fraction of sp³-hybridized carbons (Fsp3) is 0.190. The van der Waals surface area contributed by atoms with Gasteiger partial charge in [-0.05, 0) is 48.9 Å². The lowest BCUT2D eigenvalue weighted by Crippen LogP contribution is -2.41. The molecule has 1 amide bonds. The van der Waals surface area contributed by atoms with Gasteiger partial charge in [0.05, 0.1) is 28.9 Å². The summed E-state index contributed by atoms with van der Waals surface area (Å²) in [6.07, 6.45) is 0. The molecule has 1 aromatic heterocycles. The zero-order valence-electron chi connectivity index (χ0n) is 15.5. The normalized spacial score (nSPS) is 18.1. The molecule has 5 nitrogen and oxygen atoms in total. The highest BCUT2D eigenvalue weighted by Crippen LogP contribution is 2.39. The number of amides is 1. The monoisotopic (exact) mass is 413 g/mol. The first-order chi connectivity index (χ1) is 13.6. The van der Waals surface area contributed by atoms with Crippen molar-refractivity contribution in [3.05, 3.63) is 76.9 Å². The summed E-state index contributed by atoms with van der Waals surface area (Å²) in [7, 11) is 1.64. The smallest absolute Gasteiger partial charge is 0.240 e. The molecule has 2 N–H and O–H groups in total. The number of methoxy groups -OCH3 is 1. The topological polar surface area (TPSA) is 55.3 Å². The minimum absolute atomic E-state index is 0.100. The summed E-state index contributed by atoms with van der Waals surface area (Å²) in [4.78, 5) is 13.2. The summed E-state index contributed by atoms with van der Waals surface area (Å²) in [5.41, 5.74) is 6.20. The Labute approximate surface area is 173 Å². The molecule has 0 saturated heterocycles. The van der Waals surface area contributed by atoms with Crippen molar-refractivity contribution in [3.63, 3.8) is 0 Å². The van der Waals surface area contributed by atoms with Crippen molar-refractivity contribution < 1.29 is 9.53 Å². The number of nitrogens with zero attached hydrogens (tertiary/aromatic N) is 1. The van der Waals surface area contributed by atoms with E-state index >= 15 is 0 Å². The van der Waals surface area contributed by atoms with Crippen molar-refractivity contribution in [2.24, 2.45) is 0 Å². The predicted molar refractivity (Wildman–Crippen MR) is 114 cm³/mol. The molecule has 144 valence electrons. The maximum absolute atomic E-state index is 13.2. The number of anilines is 1. The fourth-order valence-corrected chi connectivity index (χ4v) is 4.62. The first kappa shape index (κ1) is 18.8. The van der Waals surface area contributed by atoms with Crippen LogP contribution in [-0.4, -0.2) is 22.9 Å². The second-order valence-electron chi connectivity index (χ2n) is 6.54. The highest BCUT2D eigenvalue weighted by molar-refractivity contribution is 8.00. The first-order valence-corrected chi connectivity index (χ1v) is 10.1. The van der Waals surface area contributed by atoms with Crippen molar-refractivity contribution in [2.75, 3.05) is 17.9 Å². The van der Waals surface area contributed by atoms with Crippen LogP contribution in [0, 0.1) is 6.92 Å². The fourth-order valence-electron chi connectivity index (χ4n) is 3.21. The van der Waals surface area contributed by atoms with Crippen LogP contribution in [0.25, 0.3) is 0 Å². The summed E-state index contributed by atoms with van der Waals surface area (Å²) in [5, 5.41) is 4.12. The molecule has 2 atom stereocenters. The average molecular weight is 414 g/mol. The zero-order chi connectivity index (χ0) is 19.7. The van der Waals surface area contributed by atoms with Crippen molar-refractivity contribution in [2.45, 2.75) is 23.2 Å². The van der Waals surface area contributed by atoms with Gasteiger partial charge < -0.3 is 15.5 Å². The van der Waals surface area contributed by atoms with E-state index in [1.54, 1.807) is 19.2 Å². The van der Waals surface area contributed by atoms with Crippen LogP contribution in [0.5, 0.6) is 5.75 Å². The molecule has 0 bridgehead atoms. The van der Waals surface area contributed by atoms with Crippen molar-refractivity contribution in [3.8, 4) is 5.75 Å². The second-order valence-corrected chi connectivity index (χ2v) is 8.10. The van der Waals surface area contributed by atoms with E-state index in [-0.39, 0.29) is 17.2 Å². The Morgan fingerprint density at radius 1 is 1.14 bits per heavy atom. The highest BCUT2D eigenvalue weighted by Gasteiger charge is 2.36. The van der Waals surface area contributed by atoms with Crippen molar-refractivity contribution in [1.82, 2.24) is 4.68 Å². The van der Waals surface area contributed by atoms with Gasteiger partial charge in [-0.3, -0.25) is 9.47 Å². The number of hydrogen-bond acceptors (Lipinski definition) is 4. The van der Waals surface area contributed by atoms with E-state index in [2.05, 4.69) is 10.7 Å². The van der Waals surface area contributed by atoms with Crippen LogP contribution in [-0.2, 0) is 4.79 Å². The highest BCUT2D eigenvalue weighted by atomic mass is 35.5. The number of para-hydroxylation sites is 1. The van der Waals surface area contributed by atoms with Gasteiger partial charge >= 0.3 is 0 Å². The molecule has 4 rings (SSSR count). The Bertz CT molecular complexity index is 1000. The number of ether oxygens (including phenoxy) is 1. The Morgan fingerprint density at radius 2 is 1.89 bits per heavy atom. The number of fused-ring (bicyclic) bond motifs is 1. The van der Waals surface area contributed by atoms with Crippen molar-refractivity contribution in [1.29, 1.82) is 0 Å². The van der Waals surface area contributed by atoms with E-state index in [0.717, 1.165) is 22.0 Å². The minimum atomic E-state index is -0.369. The third kappa shape index (κ3) is 3.57. The number of thioether (sulfide) groups is 1. The van der Waals surface area contributed by atoms with Crippen LogP contribution in [0.2, 0.25) is 5.02 Å². The molecule has 0 fully saturated rings. The Kier molecular flexibility index (Phi) is 5.24. The molecule has 0 saturated carbocycles. The van der Waals surface area contributed by atoms with Gasteiger partial charge in [0.25, 0.3) is 0 Å². The van der Waals surface area contributed by atoms with E-state index in [0.29, 0.717) is 10.7 Å². The number of nitrogens with one attached hydrogen (secondary N) is 2. The molecular weight excluding hydrogens is 394 g/mol. The van der Waals surface area contributed by atoms with Crippen LogP contribution < -0.4 is 15.5 Å². The molecule has 2 heterocycles. The molecule has 0 unspecified atom stereocenters. The summed E-state index contributed by atoms with van der Waals surface area (Å²) < 4.78 is 7.29. The molecule has 0 spiro atoms. The number of carbonyl (C=O) groups is 1. The zero-order valence-corrected chi connectivity index (χ0v) is 17.1. The largest absolute Gasteiger partial charge is 0.497 e. The van der Waals surface area contributed by atoms with E-state index in [1.807, 2.05) is 60.1 Å². The van der Waals surface area contributed by atoms with Crippen LogP contribution in [0.1, 0.15) is 17.3 Å². The van der Waals surface area contributed by atoms with Gasteiger partial charge in [0.15, 0.2) is 0 Å². The second kappa shape index (κ2) is 7.81. The Hall–Kier alpha value is -2.57. The quantitative estimate of drug-likeness (QED) is 0.641. The van der Waals surface area contributed by atoms with Gasteiger partial charge in [-0.1, -0.05) is 47.6 Å². The molecule has 28 heavy (non-hydrogen) atoms. The van der Waals surface area contributed by atoms with E-state index < -0.39 is 0 Å². The van der Waals surface area contributed by atoms with Gasteiger partial charge in [-0.25, -0.2) is 0 Å².